The lowest BCUT2D eigenvalue weighted by atomic mass is 9.94. The van der Waals surface area contributed by atoms with E-state index < -0.39 is 41.4 Å². The quantitative estimate of drug-likeness (QED) is 0.105. The number of carbonyl (C=O) groups is 6. The SMILES string of the molecule is NC(=O)C(C1=NCCc2cc(C(=O)NC3CCN(CC4CCN(c5cc6c(cc5F)C(=O)N(C5CCC(=O)NC5=O)C6=O)CC4)CC3)ccc2N1)=C(N)c1ccc(Oc2ccccc2)cc1. The number of likely N-dealkylation sites (tertiary alicyclic amines) is 1. The summed E-state index contributed by atoms with van der Waals surface area (Å²) in [5.74, 6) is -2.13. The second-order valence-corrected chi connectivity index (χ2v) is 17.3. The van der Waals surface area contributed by atoms with E-state index in [0.29, 0.717) is 60.3 Å². The summed E-state index contributed by atoms with van der Waals surface area (Å²) >= 11 is 0. The molecule has 0 radical (unpaired) electrons. The first-order valence-electron chi connectivity index (χ1n) is 22.3. The van der Waals surface area contributed by atoms with Crippen molar-refractivity contribution in [3.05, 3.63) is 124 Å². The van der Waals surface area contributed by atoms with E-state index in [2.05, 4.69) is 25.8 Å². The van der Waals surface area contributed by atoms with E-state index in [1.807, 2.05) is 41.3 Å². The molecule has 7 N–H and O–H groups in total. The molecule has 9 rings (SSSR count). The Kier molecular flexibility index (Phi) is 12.4. The number of aliphatic imine (C=N–C) groups is 1. The van der Waals surface area contributed by atoms with Crippen molar-refractivity contribution < 1.29 is 37.9 Å². The number of amidine groups is 1. The van der Waals surface area contributed by atoms with Crippen molar-refractivity contribution in [1.29, 1.82) is 0 Å². The van der Waals surface area contributed by atoms with Gasteiger partial charge in [0.05, 0.1) is 22.5 Å². The molecule has 1 atom stereocenters. The number of primary amides is 1. The van der Waals surface area contributed by atoms with Gasteiger partial charge in [0.25, 0.3) is 23.6 Å². The molecule has 4 aromatic rings. The lowest BCUT2D eigenvalue weighted by Gasteiger charge is -2.38. The lowest BCUT2D eigenvalue weighted by Crippen LogP contribution is -2.54. The van der Waals surface area contributed by atoms with Crippen LogP contribution in [0.3, 0.4) is 0 Å². The van der Waals surface area contributed by atoms with Crippen LogP contribution in [0.5, 0.6) is 11.5 Å². The number of amides is 6. The summed E-state index contributed by atoms with van der Waals surface area (Å²) in [5, 5.41) is 8.64. The van der Waals surface area contributed by atoms with Crippen molar-refractivity contribution in [3.63, 3.8) is 0 Å². The largest absolute Gasteiger partial charge is 0.457 e. The molecular formula is C49H50FN9O7. The summed E-state index contributed by atoms with van der Waals surface area (Å²) in [5.41, 5.74) is 15.5. The number of fused-ring (bicyclic) bond motifs is 2. The summed E-state index contributed by atoms with van der Waals surface area (Å²) < 4.78 is 21.4. The van der Waals surface area contributed by atoms with Crippen LogP contribution >= 0.6 is 0 Å². The molecule has 3 saturated heterocycles. The summed E-state index contributed by atoms with van der Waals surface area (Å²) in [6, 6.07) is 23.2. The number of hydrogen-bond acceptors (Lipinski definition) is 12. The van der Waals surface area contributed by atoms with Gasteiger partial charge in [-0.15, -0.1) is 0 Å². The maximum absolute atomic E-state index is 15.5. The number of nitrogens with one attached hydrogen (secondary N) is 3. The number of rotatable bonds is 11. The van der Waals surface area contributed by atoms with Gasteiger partial charge in [0.2, 0.25) is 11.8 Å². The molecule has 4 aromatic carbocycles. The second-order valence-electron chi connectivity index (χ2n) is 17.3. The molecule has 6 amide bonds. The minimum atomic E-state index is -1.11. The van der Waals surface area contributed by atoms with Gasteiger partial charge in [-0.2, -0.15) is 0 Å². The van der Waals surface area contributed by atoms with Crippen molar-refractivity contribution in [2.24, 2.45) is 22.4 Å². The van der Waals surface area contributed by atoms with Crippen LogP contribution in [-0.2, 0) is 20.8 Å². The first-order chi connectivity index (χ1) is 31.9. The average molecular weight is 896 g/mol. The Morgan fingerprint density at radius 3 is 2.15 bits per heavy atom. The zero-order chi connectivity index (χ0) is 46.1. The Balaban J connectivity index is 0.751. The number of ether oxygens (including phenoxy) is 1. The molecule has 0 spiro atoms. The van der Waals surface area contributed by atoms with Gasteiger partial charge in [-0.05, 0) is 122 Å². The molecular weight excluding hydrogens is 846 g/mol. The fourth-order valence-corrected chi connectivity index (χ4v) is 9.48. The van der Waals surface area contributed by atoms with Gasteiger partial charge in [0, 0.05) is 63.0 Å². The van der Waals surface area contributed by atoms with E-state index in [1.165, 1.54) is 6.07 Å². The first-order valence-corrected chi connectivity index (χ1v) is 22.3. The van der Waals surface area contributed by atoms with Crippen molar-refractivity contribution >= 4 is 58.4 Å². The molecule has 5 aliphatic heterocycles. The highest BCUT2D eigenvalue weighted by Crippen LogP contribution is 2.35. The minimum absolute atomic E-state index is 0.00493. The zero-order valence-electron chi connectivity index (χ0n) is 36.2. The van der Waals surface area contributed by atoms with Crippen LogP contribution in [0.1, 0.15) is 80.7 Å². The van der Waals surface area contributed by atoms with Crippen LogP contribution in [0.4, 0.5) is 15.8 Å². The Morgan fingerprint density at radius 2 is 1.45 bits per heavy atom. The van der Waals surface area contributed by atoms with Crippen molar-refractivity contribution in [2.45, 2.75) is 57.0 Å². The molecule has 0 aromatic heterocycles. The number of piperidine rings is 3. The predicted molar refractivity (Wildman–Crippen MR) is 244 cm³/mol. The average Bonchev–Trinajstić information content (AvgIpc) is 3.41. The van der Waals surface area contributed by atoms with Crippen LogP contribution in [0.15, 0.2) is 95.5 Å². The fourth-order valence-electron chi connectivity index (χ4n) is 9.48. The molecule has 1 unspecified atom stereocenters. The molecule has 0 aliphatic carbocycles. The highest BCUT2D eigenvalue weighted by Gasteiger charge is 2.45. The number of carbonyl (C=O) groups excluding carboxylic acids is 6. The molecule has 0 saturated carbocycles. The number of para-hydroxylation sites is 1. The standard InChI is InChI=1S/C49H50FN9O7/c50-37-25-35-36(49(65)59(48(35)64)39-12-13-41(60)56-47(39)63)26-40(37)58-22-15-28(16-23-58)27-57-20-17-32(18-21-57)54-46(62)31-8-11-38-30(24-31)14-19-53-45(55-38)42(44(52)61)43(51)29-6-9-34(10-7-29)66-33-4-2-1-3-5-33/h1-11,24-26,28,32,39H,12-23,27,51H2,(H2,52,61)(H,53,55)(H,54,62)(H,56,60,63). The Morgan fingerprint density at radius 1 is 0.773 bits per heavy atom. The number of nitrogens with two attached hydrogens (primary N) is 2. The summed E-state index contributed by atoms with van der Waals surface area (Å²) in [4.78, 5) is 86.7. The summed E-state index contributed by atoms with van der Waals surface area (Å²) in [6.45, 7) is 4.02. The normalized spacial score (nSPS) is 19.8. The number of benzene rings is 4. The molecule has 66 heavy (non-hydrogen) atoms. The van der Waals surface area contributed by atoms with E-state index in [9.17, 15) is 28.8 Å². The highest BCUT2D eigenvalue weighted by molar-refractivity contribution is 6.29. The maximum Gasteiger partial charge on any atom is 0.262 e. The molecule has 340 valence electrons. The van der Waals surface area contributed by atoms with Crippen LogP contribution in [0.25, 0.3) is 5.70 Å². The highest BCUT2D eigenvalue weighted by atomic mass is 19.1. The third-order valence-electron chi connectivity index (χ3n) is 13.1. The molecule has 5 heterocycles. The number of anilines is 2. The number of nitrogens with zero attached hydrogens (tertiary/aromatic N) is 4. The molecule has 17 heteroatoms. The second kappa shape index (κ2) is 18.6. The van der Waals surface area contributed by atoms with Gasteiger partial charge in [-0.1, -0.05) is 18.2 Å². The van der Waals surface area contributed by atoms with Gasteiger partial charge in [-0.3, -0.25) is 44.0 Å². The Hall–Kier alpha value is -7.40. The summed E-state index contributed by atoms with van der Waals surface area (Å²) in [7, 11) is 0. The first kappa shape index (κ1) is 43.8. The van der Waals surface area contributed by atoms with Crippen molar-refractivity contribution in [3.8, 4) is 11.5 Å². The monoisotopic (exact) mass is 895 g/mol. The van der Waals surface area contributed by atoms with Crippen LogP contribution < -0.4 is 37.1 Å². The topological polar surface area (TPSA) is 222 Å². The lowest BCUT2D eigenvalue weighted by molar-refractivity contribution is -0.136. The van der Waals surface area contributed by atoms with E-state index in [0.717, 1.165) is 61.8 Å². The Bertz CT molecular complexity index is 2670. The van der Waals surface area contributed by atoms with Crippen LogP contribution in [0, 0.1) is 11.7 Å². The maximum atomic E-state index is 15.5. The molecule has 5 aliphatic rings. The van der Waals surface area contributed by atoms with E-state index in [1.54, 1.807) is 36.4 Å². The van der Waals surface area contributed by atoms with Gasteiger partial charge in [0.15, 0.2) is 0 Å². The zero-order valence-corrected chi connectivity index (χ0v) is 36.2. The molecule has 0 bridgehead atoms. The predicted octanol–water partition coefficient (Wildman–Crippen LogP) is 4.35. The van der Waals surface area contributed by atoms with Gasteiger partial charge in [-0.25, -0.2) is 4.39 Å². The van der Waals surface area contributed by atoms with Crippen LogP contribution in [0.2, 0.25) is 0 Å². The number of halogens is 1. The third-order valence-corrected chi connectivity index (χ3v) is 13.1. The van der Waals surface area contributed by atoms with Gasteiger partial charge in [0.1, 0.15) is 34.8 Å². The van der Waals surface area contributed by atoms with E-state index >= 15 is 4.39 Å². The fraction of sp³-hybridized carbons (Fsp3) is 0.327. The molecule has 16 nitrogen and oxygen atoms in total. The van der Waals surface area contributed by atoms with Gasteiger partial charge < -0.3 is 36.6 Å². The van der Waals surface area contributed by atoms with Crippen molar-refractivity contribution in [1.82, 2.24) is 20.4 Å². The summed E-state index contributed by atoms with van der Waals surface area (Å²) in [6.07, 6.45) is 3.78. The van der Waals surface area contributed by atoms with E-state index in [4.69, 9.17) is 16.2 Å². The Labute approximate surface area is 380 Å². The minimum Gasteiger partial charge on any atom is -0.457 e. The third kappa shape index (κ3) is 9.11. The van der Waals surface area contributed by atoms with Crippen LogP contribution in [-0.4, -0.2) is 102 Å². The molecule has 3 fully saturated rings. The van der Waals surface area contributed by atoms with Crippen molar-refractivity contribution in [2.75, 3.05) is 49.5 Å². The number of imide groups is 2. The van der Waals surface area contributed by atoms with E-state index in [-0.39, 0.29) is 58.7 Å². The van der Waals surface area contributed by atoms with Gasteiger partial charge >= 0.3 is 0 Å². The number of hydrogen-bond donors (Lipinski definition) is 5. The smallest absolute Gasteiger partial charge is 0.262 e.